The van der Waals surface area contributed by atoms with E-state index in [0.29, 0.717) is 17.3 Å². The molecule has 2 aliphatic heterocycles. The number of rotatable bonds is 6. The Hall–Kier alpha value is -2.33. The van der Waals surface area contributed by atoms with Crippen LogP contribution in [0.25, 0.3) is 11.2 Å². The predicted molar refractivity (Wildman–Crippen MR) is 122 cm³/mol. The number of carbonyl (C=O) groups is 1. The molecule has 8 nitrogen and oxygen atoms in total. The summed E-state index contributed by atoms with van der Waals surface area (Å²) in [5.41, 5.74) is 8.72. The molecule has 10 heteroatoms. The lowest BCUT2D eigenvalue weighted by molar-refractivity contribution is -0.119. The van der Waals surface area contributed by atoms with Crippen LogP contribution in [0, 0.1) is 5.92 Å². The van der Waals surface area contributed by atoms with Crippen molar-refractivity contribution in [1.29, 1.82) is 0 Å². The van der Waals surface area contributed by atoms with Gasteiger partial charge in [0, 0.05) is 35.4 Å². The molecular formula is C21H23BrN6O2S. The van der Waals surface area contributed by atoms with E-state index in [1.165, 1.54) is 11.9 Å². The van der Waals surface area contributed by atoms with Gasteiger partial charge in [0.15, 0.2) is 22.1 Å². The van der Waals surface area contributed by atoms with Crippen molar-refractivity contribution in [3.8, 4) is 5.75 Å². The first-order chi connectivity index (χ1) is 15.1. The number of anilines is 1. The van der Waals surface area contributed by atoms with Crippen molar-refractivity contribution < 1.29 is 9.53 Å². The standard InChI is InChI=1S/C21H23BrN6O2S/c22-15-9-14-4-8-30-16(14)10-17(15)31-21-26-18-19(23)24-11-25-20(18)28(21)7-3-13-1-5-27(12-29)6-2-13/h9-13H,1-8H2,(H2,23,24,25). The third-order valence-electron chi connectivity index (χ3n) is 6.03. The van der Waals surface area contributed by atoms with Crippen LogP contribution in [0.15, 0.2) is 33.0 Å². The largest absolute Gasteiger partial charge is 0.493 e. The van der Waals surface area contributed by atoms with Crippen LogP contribution in [-0.4, -0.2) is 50.5 Å². The molecule has 0 spiro atoms. The molecule has 0 aliphatic carbocycles. The molecule has 5 rings (SSSR count). The number of aryl methyl sites for hydroxylation is 1. The fraction of sp³-hybridized carbons (Fsp3) is 0.429. The summed E-state index contributed by atoms with van der Waals surface area (Å²) in [5.74, 6) is 1.90. The van der Waals surface area contributed by atoms with Gasteiger partial charge in [-0.25, -0.2) is 15.0 Å². The van der Waals surface area contributed by atoms with E-state index in [0.717, 1.165) is 84.3 Å². The van der Waals surface area contributed by atoms with Crippen LogP contribution in [0.3, 0.4) is 0 Å². The molecule has 162 valence electrons. The number of fused-ring (bicyclic) bond motifs is 2. The first kappa shape index (κ1) is 20.6. The van der Waals surface area contributed by atoms with Gasteiger partial charge < -0.3 is 19.9 Å². The number of nitrogens with two attached hydrogens (primary N) is 1. The maximum absolute atomic E-state index is 11.0. The van der Waals surface area contributed by atoms with Gasteiger partial charge in [-0.1, -0.05) is 11.8 Å². The Morgan fingerprint density at radius 1 is 1.29 bits per heavy atom. The highest BCUT2D eigenvalue weighted by Crippen LogP contribution is 2.40. The lowest BCUT2D eigenvalue weighted by atomic mass is 9.94. The second-order valence-corrected chi connectivity index (χ2v) is 9.80. The number of benzene rings is 1. The molecule has 0 radical (unpaired) electrons. The molecule has 1 fully saturated rings. The predicted octanol–water partition coefficient (Wildman–Crippen LogP) is 3.52. The fourth-order valence-electron chi connectivity index (χ4n) is 4.23. The van der Waals surface area contributed by atoms with Crippen molar-refractivity contribution in [3.05, 3.63) is 28.5 Å². The number of likely N-dealkylation sites (tertiary alicyclic amines) is 1. The van der Waals surface area contributed by atoms with Gasteiger partial charge >= 0.3 is 0 Å². The number of ether oxygens (including phenoxy) is 1. The van der Waals surface area contributed by atoms with Gasteiger partial charge in [0.25, 0.3) is 0 Å². The number of piperidine rings is 1. The molecule has 0 saturated carbocycles. The Morgan fingerprint density at radius 2 is 2.13 bits per heavy atom. The van der Waals surface area contributed by atoms with E-state index in [1.54, 1.807) is 11.8 Å². The van der Waals surface area contributed by atoms with Crippen LogP contribution in [0.4, 0.5) is 5.82 Å². The lowest BCUT2D eigenvalue weighted by Crippen LogP contribution is -2.32. The van der Waals surface area contributed by atoms with E-state index >= 15 is 0 Å². The van der Waals surface area contributed by atoms with Crippen LogP contribution in [0.5, 0.6) is 5.75 Å². The molecule has 4 heterocycles. The zero-order valence-corrected chi connectivity index (χ0v) is 19.4. The number of nitrogen functional groups attached to an aromatic ring is 1. The summed E-state index contributed by atoms with van der Waals surface area (Å²) in [5, 5.41) is 0.839. The number of amides is 1. The van der Waals surface area contributed by atoms with Crippen LogP contribution >= 0.6 is 27.7 Å². The van der Waals surface area contributed by atoms with Crippen LogP contribution in [0.2, 0.25) is 0 Å². The van der Waals surface area contributed by atoms with Gasteiger partial charge in [-0.2, -0.15) is 0 Å². The number of nitrogens with zero attached hydrogens (tertiary/aromatic N) is 5. The minimum absolute atomic E-state index is 0.390. The summed E-state index contributed by atoms with van der Waals surface area (Å²) < 4.78 is 8.92. The van der Waals surface area contributed by atoms with Crippen molar-refractivity contribution in [2.75, 3.05) is 25.4 Å². The number of aromatic nitrogens is 4. The average molecular weight is 503 g/mol. The summed E-state index contributed by atoms with van der Waals surface area (Å²) in [6, 6.07) is 4.21. The smallest absolute Gasteiger partial charge is 0.209 e. The van der Waals surface area contributed by atoms with Gasteiger partial charge in [0.05, 0.1) is 6.61 Å². The van der Waals surface area contributed by atoms with E-state index in [9.17, 15) is 4.79 Å². The SMILES string of the molecule is Nc1ncnc2c1nc(Sc1cc3c(cc1Br)CCO3)n2CCC1CCN(C=O)CC1. The van der Waals surface area contributed by atoms with Gasteiger partial charge in [0.2, 0.25) is 6.41 Å². The molecule has 1 aromatic carbocycles. The second-order valence-electron chi connectivity index (χ2n) is 7.94. The van der Waals surface area contributed by atoms with Crippen LogP contribution < -0.4 is 10.5 Å². The topological polar surface area (TPSA) is 99.2 Å². The fourth-order valence-corrected chi connectivity index (χ4v) is 5.80. The molecule has 31 heavy (non-hydrogen) atoms. The maximum Gasteiger partial charge on any atom is 0.209 e. The first-order valence-corrected chi connectivity index (χ1v) is 12.0. The number of hydrogen-bond acceptors (Lipinski definition) is 7. The van der Waals surface area contributed by atoms with Crippen LogP contribution in [0.1, 0.15) is 24.8 Å². The Balaban J connectivity index is 1.43. The van der Waals surface area contributed by atoms with Crippen LogP contribution in [-0.2, 0) is 17.8 Å². The normalized spacial score (nSPS) is 16.5. The Kier molecular flexibility index (Phi) is 5.75. The average Bonchev–Trinajstić information content (AvgIpc) is 3.37. The summed E-state index contributed by atoms with van der Waals surface area (Å²) in [6.07, 6.45) is 6.44. The molecular weight excluding hydrogens is 480 g/mol. The maximum atomic E-state index is 11.0. The molecule has 2 aliphatic rings. The molecule has 1 saturated heterocycles. The molecule has 2 N–H and O–H groups in total. The highest BCUT2D eigenvalue weighted by atomic mass is 79.9. The summed E-state index contributed by atoms with van der Waals surface area (Å²) in [4.78, 5) is 27.3. The summed E-state index contributed by atoms with van der Waals surface area (Å²) in [6.45, 7) is 3.18. The van der Waals surface area contributed by atoms with E-state index in [-0.39, 0.29) is 0 Å². The molecule has 0 atom stereocenters. The van der Waals surface area contributed by atoms with Crippen molar-refractivity contribution in [2.24, 2.45) is 5.92 Å². The minimum atomic E-state index is 0.390. The van der Waals surface area contributed by atoms with E-state index in [2.05, 4.69) is 42.6 Å². The number of imidazole rings is 1. The molecule has 3 aromatic rings. The van der Waals surface area contributed by atoms with E-state index < -0.39 is 0 Å². The summed E-state index contributed by atoms with van der Waals surface area (Å²) in [7, 11) is 0. The third-order valence-corrected chi connectivity index (χ3v) is 8.00. The van der Waals surface area contributed by atoms with E-state index in [4.69, 9.17) is 15.5 Å². The lowest BCUT2D eigenvalue weighted by Gasteiger charge is -2.29. The molecule has 0 bridgehead atoms. The monoisotopic (exact) mass is 502 g/mol. The summed E-state index contributed by atoms with van der Waals surface area (Å²) >= 11 is 5.28. The van der Waals surface area contributed by atoms with E-state index in [1.807, 2.05) is 4.90 Å². The minimum Gasteiger partial charge on any atom is -0.493 e. The van der Waals surface area contributed by atoms with Gasteiger partial charge in [-0.05, 0) is 58.8 Å². The third kappa shape index (κ3) is 4.10. The highest BCUT2D eigenvalue weighted by molar-refractivity contribution is 9.10. The molecule has 1 amide bonds. The van der Waals surface area contributed by atoms with Crippen molar-refractivity contribution in [2.45, 2.75) is 42.3 Å². The Morgan fingerprint density at radius 3 is 2.94 bits per heavy atom. The van der Waals surface area contributed by atoms with Crippen molar-refractivity contribution in [1.82, 2.24) is 24.4 Å². The molecule has 2 aromatic heterocycles. The molecule has 0 unspecified atom stereocenters. The second kappa shape index (κ2) is 8.66. The van der Waals surface area contributed by atoms with Crippen molar-refractivity contribution in [3.63, 3.8) is 0 Å². The Bertz CT molecular complexity index is 1130. The van der Waals surface area contributed by atoms with Gasteiger partial charge in [-0.15, -0.1) is 0 Å². The number of halogens is 1. The zero-order chi connectivity index (χ0) is 21.4. The number of carbonyl (C=O) groups excluding carboxylic acids is 1. The Labute approximate surface area is 192 Å². The number of hydrogen-bond donors (Lipinski definition) is 1. The van der Waals surface area contributed by atoms with Crippen molar-refractivity contribution >= 4 is 51.1 Å². The van der Waals surface area contributed by atoms with Gasteiger partial charge in [-0.3, -0.25) is 4.79 Å². The quantitative estimate of drug-likeness (QED) is 0.514. The highest BCUT2D eigenvalue weighted by Gasteiger charge is 2.22. The first-order valence-electron chi connectivity index (χ1n) is 10.4. The zero-order valence-electron chi connectivity index (χ0n) is 17.0. The van der Waals surface area contributed by atoms with Gasteiger partial charge in [0.1, 0.15) is 12.1 Å².